The predicted octanol–water partition coefficient (Wildman–Crippen LogP) is 4.08. The summed E-state index contributed by atoms with van der Waals surface area (Å²) in [6, 6.07) is 6.17. The molecule has 1 heterocycles. The first-order valence-corrected chi connectivity index (χ1v) is 12.2. The molecule has 1 aliphatic carbocycles. The highest BCUT2D eigenvalue weighted by atomic mass is 32.1. The minimum absolute atomic E-state index is 0.189. The molecule has 0 unspecified atom stereocenters. The second-order valence-electron chi connectivity index (χ2n) is 9.62. The molecule has 7 nitrogen and oxygen atoms in total. The maximum absolute atomic E-state index is 13.7. The number of rotatable bonds is 7. The third kappa shape index (κ3) is 5.10. The molecule has 1 aromatic carbocycles. The van der Waals surface area contributed by atoms with Crippen LogP contribution in [0, 0.1) is 17.8 Å². The fourth-order valence-electron chi connectivity index (χ4n) is 4.97. The summed E-state index contributed by atoms with van der Waals surface area (Å²) in [5, 5.41) is 3.37. The maximum Gasteiger partial charge on any atom is 0.334 e. The number of nitrogens with zero attached hydrogens (tertiary/aromatic N) is 1. The van der Waals surface area contributed by atoms with Crippen molar-refractivity contribution in [2.75, 3.05) is 18.6 Å². The number of methoxy groups -OCH3 is 1. The Morgan fingerprint density at radius 2 is 1.91 bits per heavy atom. The molecule has 182 valence electrons. The number of nitrogens with one attached hydrogen (secondary N) is 1. The molecule has 0 amide bonds. The smallest absolute Gasteiger partial charge is 0.334 e. The minimum Gasteiger partial charge on any atom is -0.497 e. The summed E-state index contributed by atoms with van der Waals surface area (Å²) in [5.74, 6) is 0.845. The van der Waals surface area contributed by atoms with Crippen LogP contribution in [-0.4, -0.2) is 48.5 Å². The van der Waals surface area contributed by atoms with E-state index in [2.05, 4.69) is 26.1 Å². The highest BCUT2D eigenvalue weighted by molar-refractivity contribution is 7.80. The van der Waals surface area contributed by atoms with Crippen LogP contribution in [0.25, 0.3) is 0 Å². The third-order valence-electron chi connectivity index (χ3n) is 6.89. The molecular formula is C25H36N2O5S. The van der Waals surface area contributed by atoms with E-state index in [4.69, 9.17) is 26.4 Å². The van der Waals surface area contributed by atoms with Crippen molar-refractivity contribution in [1.82, 2.24) is 5.32 Å². The number of carbonyl (C=O) groups is 2. The summed E-state index contributed by atoms with van der Waals surface area (Å²) >= 11 is 5.59. The van der Waals surface area contributed by atoms with Gasteiger partial charge in [0.2, 0.25) is 0 Å². The highest BCUT2D eigenvalue weighted by Crippen LogP contribution is 2.38. The predicted molar refractivity (Wildman–Crippen MR) is 131 cm³/mol. The molecule has 0 spiro atoms. The molecule has 8 heteroatoms. The van der Waals surface area contributed by atoms with Crippen molar-refractivity contribution in [3.05, 3.63) is 24.3 Å². The van der Waals surface area contributed by atoms with Crippen LogP contribution in [0.4, 0.5) is 5.69 Å². The number of hydrogen-bond donors (Lipinski definition) is 1. The summed E-state index contributed by atoms with van der Waals surface area (Å²) in [6.07, 6.45) is 2.79. The second kappa shape index (κ2) is 10.3. The summed E-state index contributed by atoms with van der Waals surface area (Å²) in [6.45, 7) is 10.1. The average Bonchev–Trinajstić information content (AvgIpc) is 3.05. The van der Waals surface area contributed by atoms with E-state index >= 15 is 0 Å². The van der Waals surface area contributed by atoms with Crippen LogP contribution < -0.4 is 15.0 Å². The molecule has 3 rings (SSSR count). The molecule has 2 fully saturated rings. The fourth-order valence-corrected chi connectivity index (χ4v) is 5.39. The van der Waals surface area contributed by atoms with Gasteiger partial charge < -0.3 is 24.4 Å². The third-order valence-corrected chi connectivity index (χ3v) is 7.19. The van der Waals surface area contributed by atoms with E-state index in [-0.39, 0.29) is 17.8 Å². The monoisotopic (exact) mass is 476 g/mol. The van der Waals surface area contributed by atoms with Gasteiger partial charge in [-0.05, 0) is 80.9 Å². The summed E-state index contributed by atoms with van der Waals surface area (Å²) in [4.78, 5) is 28.4. The van der Waals surface area contributed by atoms with Gasteiger partial charge in [0, 0.05) is 5.69 Å². The first-order valence-electron chi connectivity index (χ1n) is 11.8. The van der Waals surface area contributed by atoms with Gasteiger partial charge in [-0.3, -0.25) is 0 Å². The number of hydrogen-bond acceptors (Lipinski definition) is 6. The molecule has 1 saturated carbocycles. The fraction of sp³-hybridized carbons (Fsp3) is 0.640. The Kier molecular flexibility index (Phi) is 7.88. The Bertz CT molecular complexity index is 874. The van der Waals surface area contributed by atoms with Gasteiger partial charge in [0.25, 0.3) is 0 Å². The van der Waals surface area contributed by atoms with Crippen LogP contribution in [0.5, 0.6) is 5.75 Å². The summed E-state index contributed by atoms with van der Waals surface area (Å²) < 4.78 is 16.7. The van der Waals surface area contributed by atoms with Gasteiger partial charge in [0.1, 0.15) is 11.9 Å². The van der Waals surface area contributed by atoms with Gasteiger partial charge in [0.05, 0.1) is 13.7 Å². The van der Waals surface area contributed by atoms with E-state index in [9.17, 15) is 9.59 Å². The van der Waals surface area contributed by atoms with E-state index in [0.29, 0.717) is 29.2 Å². The van der Waals surface area contributed by atoms with Gasteiger partial charge in [-0.25, -0.2) is 9.59 Å². The van der Waals surface area contributed by atoms with E-state index in [1.165, 1.54) is 0 Å². The Labute approximate surface area is 202 Å². The molecule has 5 atom stereocenters. The summed E-state index contributed by atoms with van der Waals surface area (Å²) in [7, 11) is 1.59. The molecule has 0 radical (unpaired) electrons. The van der Waals surface area contributed by atoms with E-state index in [1.54, 1.807) is 50.1 Å². The van der Waals surface area contributed by atoms with Crippen molar-refractivity contribution in [1.29, 1.82) is 0 Å². The Morgan fingerprint density at radius 1 is 1.24 bits per heavy atom. The molecule has 1 saturated heterocycles. The number of benzene rings is 1. The van der Waals surface area contributed by atoms with Crippen molar-refractivity contribution < 1.29 is 23.8 Å². The SMILES string of the molecule is CCOC(=O)[C@@H]1N(c2ccc(OC)cc2)C(=S)N[C@@]1(C)C(=O)O[C@@H]1C[C@H](C)CC[C@H]1C(C)C. The van der Waals surface area contributed by atoms with E-state index in [1.807, 2.05) is 0 Å². The van der Waals surface area contributed by atoms with Crippen LogP contribution in [0.3, 0.4) is 0 Å². The van der Waals surface area contributed by atoms with Crippen LogP contribution in [-0.2, 0) is 19.1 Å². The Morgan fingerprint density at radius 3 is 2.48 bits per heavy atom. The van der Waals surface area contributed by atoms with Crippen LogP contribution in [0.1, 0.15) is 53.9 Å². The van der Waals surface area contributed by atoms with Gasteiger partial charge in [0.15, 0.2) is 16.7 Å². The van der Waals surface area contributed by atoms with Gasteiger partial charge in [-0.15, -0.1) is 0 Å². The highest BCUT2D eigenvalue weighted by Gasteiger charge is 2.58. The van der Waals surface area contributed by atoms with Crippen molar-refractivity contribution in [2.45, 2.75) is 71.6 Å². The maximum atomic E-state index is 13.7. The van der Waals surface area contributed by atoms with Gasteiger partial charge in [-0.2, -0.15) is 0 Å². The molecule has 1 N–H and O–H groups in total. The molecular weight excluding hydrogens is 440 g/mol. The molecule has 2 aliphatic rings. The lowest BCUT2D eigenvalue weighted by molar-refractivity contribution is -0.166. The van der Waals surface area contributed by atoms with Crippen molar-refractivity contribution in [3.63, 3.8) is 0 Å². The number of carbonyl (C=O) groups excluding carboxylic acids is 2. The largest absolute Gasteiger partial charge is 0.497 e. The first-order chi connectivity index (χ1) is 15.6. The van der Waals surface area contributed by atoms with Crippen LogP contribution >= 0.6 is 12.2 Å². The number of thiocarbonyl (C=S) groups is 1. The number of ether oxygens (including phenoxy) is 3. The van der Waals surface area contributed by atoms with Gasteiger partial charge >= 0.3 is 11.9 Å². The Balaban J connectivity index is 1.93. The first kappa shape index (κ1) is 25.3. The van der Waals surface area contributed by atoms with Gasteiger partial charge in [-0.1, -0.05) is 27.2 Å². The zero-order valence-electron chi connectivity index (χ0n) is 20.4. The normalized spacial score (nSPS) is 29.5. The number of anilines is 1. The van der Waals surface area contributed by atoms with Crippen LogP contribution in [0.15, 0.2) is 24.3 Å². The Hall–Kier alpha value is -2.35. The second-order valence-corrected chi connectivity index (χ2v) is 10.0. The van der Waals surface area contributed by atoms with Crippen LogP contribution in [0.2, 0.25) is 0 Å². The zero-order valence-corrected chi connectivity index (χ0v) is 21.2. The molecule has 1 aliphatic heterocycles. The van der Waals surface area contributed by atoms with Crippen molar-refractivity contribution in [2.24, 2.45) is 17.8 Å². The minimum atomic E-state index is -1.38. The molecule has 0 bridgehead atoms. The molecule has 33 heavy (non-hydrogen) atoms. The molecule has 1 aromatic rings. The lowest BCUT2D eigenvalue weighted by Gasteiger charge is -2.39. The topological polar surface area (TPSA) is 77.1 Å². The standard InChI is InChI=1S/C25H36N2O5S/c1-7-31-22(28)21-25(5,23(29)32-20-14-16(4)8-13-19(20)15(2)3)26-24(33)27(21)17-9-11-18(30-6)12-10-17/h9-12,15-16,19-21H,7-8,13-14H2,1-6H3,(H,26,33)/t16-,19+,20-,21+,25-/m1/s1. The lowest BCUT2D eigenvalue weighted by atomic mass is 9.75. The number of esters is 2. The van der Waals surface area contributed by atoms with Crippen molar-refractivity contribution in [3.8, 4) is 5.75 Å². The van der Waals surface area contributed by atoms with Crippen molar-refractivity contribution >= 4 is 35.0 Å². The average molecular weight is 477 g/mol. The quantitative estimate of drug-likeness (QED) is 0.466. The van der Waals surface area contributed by atoms with E-state index < -0.39 is 23.5 Å². The zero-order chi connectivity index (χ0) is 24.3. The lowest BCUT2D eigenvalue weighted by Crippen LogP contribution is -2.59. The molecule has 0 aromatic heterocycles. The van der Waals surface area contributed by atoms with E-state index in [0.717, 1.165) is 19.3 Å². The summed E-state index contributed by atoms with van der Waals surface area (Å²) in [5.41, 5.74) is -0.722.